The van der Waals surface area contributed by atoms with Gasteiger partial charge in [-0.05, 0) is 50.8 Å². The van der Waals surface area contributed by atoms with Gasteiger partial charge in [0, 0.05) is 25.7 Å². The van der Waals surface area contributed by atoms with Crippen LogP contribution in [-0.4, -0.2) is 54.6 Å². The molecule has 0 saturated heterocycles. The van der Waals surface area contributed by atoms with Crippen molar-refractivity contribution in [2.75, 3.05) is 43.9 Å². The molecule has 0 bridgehead atoms. The Kier molecular flexibility index (Phi) is 6.51. The van der Waals surface area contributed by atoms with Crippen LogP contribution in [0.2, 0.25) is 0 Å². The molecule has 5 nitrogen and oxygen atoms in total. The number of aromatic nitrogens is 2. The molecule has 0 spiro atoms. The monoisotopic (exact) mass is 329 g/mol. The Labute approximate surface area is 124 Å². The Morgan fingerprint density at radius 3 is 2.53 bits per heavy atom. The molecule has 6 heteroatoms. The second kappa shape index (κ2) is 7.65. The molecule has 0 fully saturated rings. The highest BCUT2D eigenvalue weighted by Crippen LogP contribution is 2.30. The lowest BCUT2D eigenvalue weighted by Gasteiger charge is -2.31. The number of nitrogens with zero attached hydrogens (tertiary/aromatic N) is 4. The number of hydrogen-bond donors (Lipinski definition) is 1. The smallest absolute Gasteiger partial charge is 0.148 e. The van der Waals surface area contributed by atoms with Crippen LogP contribution in [0.3, 0.4) is 0 Å². The summed E-state index contributed by atoms with van der Waals surface area (Å²) < 4.78 is 0.935. The molecule has 1 N–H and O–H groups in total. The molecule has 108 valence electrons. The Bertz CT molecular complexity index is 397. The van der Waals surface area contributed by atoms with Gasteiger partial charge in [0.2, 0.25) is 0 Å². The first-order chi connectivity index (χ1) is 9.01. The molecule has 0 saturated carbocycles. The first-order valence-corrected chi connectivity index (χ1v) is 7.46. The van der Waals surface area contributed by atoms with Gasteiger partial charge < -0.3 is 15.1 Å². The van der Waals surface area contributed by atoms with Crippen molar-refractivity contribution in [3.63, 3.8) is 0 Å². The van der Waals surface area contributed by atoms with E-state index in [0.29, 0.717) is 6.04 Å². The molecular weight excluding hydrogens is 306 g/mol. The fraction of sp³-hybridized carbons (Fsp3) is 0.692. The zero-order chi connectivity index (χ0) is 14.4. The van der Waals surface area contributed by atoms with E-state index < -0.39 is 0 Å². The van der Waals surface area contributed by atoms with Gasteiger partial charge >= 0.3 is 0 Å². The molecule has 0 radical (unpaired) electrons. The normalized spacial score (nSPS) is 12.6. The van der Waals surface area contributed by atoms with Crippen molar-refractivity contribution >= 4 is 27.6 Å². The summed E-state index contributed by atoms with van der Waals surface area (Å²) in [6.07, 6.45) is 1.61. The molecule has 0 aromatic carbocycles. The predicted octanol–water partition coefficient (Wildman–Crippen LogP) is 2.45. The minimum Gasteiger partial charge on any atom is -0.369 e. The molecule has 0 aliphatic heterocycles. The van der Waals surface area contributed by atoms with E-state index in [9.17, 15) is 0 Å². The minimum atomic E-state index is 0.390. The topological polar surface area (TPSA) is 44.3 Å². The van der Waals surface area contributed by atoms with Gasteiger partial charge in [-0.3, -0.25) is 0 Å². The van der Waals surface area contributed by atoms with E-state index in [1.165, 1.54) is 0 Å². The van der Waals surface area contributed by atoms with E-state index in [4.69, 9.17) is 0 Å². The SMILES string of the molecule is CCNc1ncnc(N(CC)C(C)CN(C)C)c1Br. The number of hydrogen-bond acceptors (Lipinski definition) is 5. The number of nitrogens with one attached hydrogen (secondary N) is 1. The summed E-state index contributed by atoms with van der Waals surface area (Å²) in [5, 5.41) is 3.24. The lowest BCUT2D eigenvalue weighted by atomic mass is 10.2. The summed E-state index contributed by atoms with van der Waals surface area (Å²) in [4.78, 5) is 13.2. The molecule has 1 aromatic heterocycles. The van der Waals surface area contributed by atoms with Crippen molar-refractivity contribution in [1.29, 1.82) is 0 Å². The van der Waals surface area contributed by atoms with Crippen LogP contribution in [-0.2, 0) is 0 Å². The van der Waals surface area contributed by atoms with E-state index in [1.54, 1.807) is 6.33 Å². The Morgan fingerprint density at radius 2 is 2.00 bits per heavy atom. The molecular formula is C13H24BrN5. The highest BCUT2D eigenvalue weighted by molar-refractivity contribution is 9.10. The minimum absolute atomic E-state index is 0.390. The molecule has 1 atom stereocenters. The van der Waals surface area contributed by atoms with Gasteiger partial charge in [-0.15, -0.1) is 0 Å². The molecule has 19 heavy (non-hydrogen) atoms. The second-order valence-corrected chi connectivity index (χ2v) is 5.58. The zero-order valence-corrected chi connectivity index (χ0v) is 14.0. The standard InChI is InChI=1S/C13H24BrN5/c1-6-15-12-11(14)13(17-9-16-12)19(7-2)10(3)8-18(4)5/h9-10H,6-8H2,1-5H3,(H,15,16,17). The fourth-order valence-corrected chi connectivity index (χ4v) is 2.72. The van der Waals surface area contributed by atoms with Gasteiger partial charge in [-0.1, -0.05) is 0 Å². The van der Waals surface area contributed by atoms with Gasteiger partial charge in [-0.25, -0.2) is 9.97 Å². The molecule has 0 aliphatic rings. The number of anilines is 2. The lowest BCUT2D eigenvalue weighted by molar-refractivity contribution is 0.372. The first kappa shape index (κ1) is 16.2. The molecule has 1 rings (SSSR count). The predicted molar refractivity (Wildman–Crippen MR) is 84.9 cm³/mol. The maximum Gasteiger partial charge on any atom is 0.148 e. The largest absolute Gasteiger partial charge is 0.369 e. The quantitative estimate of drug-likeness (QED) is 0.832. The van der Waals surface area contributed by atoms with Crippen molar-refractivity contribution in [1.82, 2.24) is 14.9 Å². The maximum absolute atomic E-state index is 4.43. The summed E-state index contributed by atoms with van der Waals surface area (Å²) in [7, 11) is 4.17. The molecule has 1 heterocycles. The fourth-order valence-electron chi connectivity index (χ4n) is 2.15. The van der Waals surface area contributed by atoms with Gasteiger partial charge in [0.25, 0.3) is 0 Å². The van der Waals surface area contributed by atoms with Crippen LogP contribution in [0.25, 0.3) is 0 Å². The third-order valence-electron chi connectivity index (χ3n) is 2.89. The average Bonchev–Trinajstić information content (AvgIpc) is 2.34. The van der Waals surface area contributed by atoms with Gasteiger partial charge in [0.1, 0.15) is 22.4 Å². The summed E-state index contributed by atoms with van der Waals surface area (Å²) >= 11 is 3.62. The molecule has 1 unspecified atom stereocenters. The summed E-state index contributed by atoms with van der Waals surface area (Å²) in [6, 6.07) is 0.390. The van der Waals surface area contributed by atoms with E-state index in [0.717, 1.165) is 35.7 Å². The summed E-state index contributed by atoms with van der Waals surface area (Å²) in [5.41, 5.74) is 0. The number of likely N-dealkylation sites (N-methyl/N-ethyl adjacent to an activating group) is 2. The Hall–Kier alpha value is -0.880. The van der Waals surface area contributed by atoms with Crippen molar-refractivity contribution < 1.29 is 0 Å². The van der Waals surface area contributed by atoms with E-state index >= 15 is 0 Å². The first-order valence-electron chi connectivity index (χ1n) is 6.66. The van der Waals surface area contributed by atoms with Gasteiger partial charge in [0.05, 0.1) is 0 Å². The van der Waals surface area contributed by atoms with Crippen LogP contribution in [0.15, 0.2) is 10.8 Å². The Balaban J connectivity index is 3.01. The van der Waals surface area contributed by atoms with Crippen LogP contribution < -0.4 is 10.2 Å². The highest BCUT2D eigenvalue weighted by Gasteiger charge is 2.19. The van der Waals surface area contributed by atoms with Crippen molar-refractivity contribution in [2.45, 2.75) is 26.8 Å². The van der Waals surface area contributed by atoms with E-state index in [-0.39, 0.29) is 0 Å². The number of rotatable bonds is 7. The third kappa shape index (κ3) is 4.31. The lowest BCUT2D eigenvalue weighted by Crippen LogP contribution is -2.40. The Morgan fingerprint density at radius 1 is 1.32 bits per heavy atom. The van der Waals surface area contributed by atoms with Crippen molar-refractivity contribution in [3.05, 3.63) is 10.8 Å². The molecule has 0 aliphatic carbocycles. The van der Waals surface area contributed by atoms with Crippen LogP contribution in [0, 0.1) is 0 Å². The van der Waals surface area contributed by atoms with Crippen LogP contribution in [0.5, 0.6) is 0 Å². The van der Waals surface area contributed by atoms with Crippen LogP contribution >= 0.6 is 15.9 Å². The molecule has 1 aromatic rings. The second-order valence-electron chi connectivity index (χ2n) is 4.79. The summed E-state index contributed by atoms with van der Waals surface area (Å²) in [6.45, 7) is 9.16. The third-order valence-corrected chi connectivity index (χ3v) is 3.62. The summed E-state index contributed by atoms with van der Waals surface area (Å²) in [5.74, 6) is 1.80. The van der Waals surface area contributed by atoms with Gasteiger partial charge in [-0.2, -0.15) is 0 Å². The highest BCUT2D eigenvalue weighted by atomic mass is 79.9. The van der Waals surface area contributed by atoms with Crippen LogP contribution in [0.1, 0.15) is 20.8 Å². The van der Waals surface area contributed by atoms with E-state index in [2.05, 4.69) is 75.9 Å². The van der Waals surface area contributed by atoms with Crippen molar-refractivity contribution in [3.8, 4) is 0 Å². The number of halogens is 1. The van der Waals surface area contributed by atoms with E-state index in [1.807, 2.05) is 0 Å². The maximum atomic E-state index is 4.43. The average molecular weight is 330 g/mol. The van der Waals surface area contributed by atoms with Crippen LogP contribution in [0.4, 0.5) is 11.6 Å². The zero-order valence-electron chi connectivity index (χ0n) is 12.4. The molecule has 0 amide bonds. The van der Waals surface area contributed by atoms with Gasteiger partial charge in [0.15, 0.2) is 0 Å². The van der Waals surface area contributed by atoms with Crippen molar-refractivity contribution in [2.24, 2.45) is 0 Å².